The van der Waals surface area contributed by atoms with E-state index in [2.05, 4.69) is 14.7 Å². The maximum absolute atomic E-state index is 14.0. The maximum atomic E-state index is 14.0. The number of fused-ring (bicyclic) bond motifs is 1. The molecule has 1 aliphatic rings. The average molecular weight is 319 g/mol. The lowest BCUT2D eigenvalue weighted by Gasteiger charge is -2.11. The number of nitrogens with zero attached hydrogens (tertiary/aromatic N) is 3. The van der Waals surface area contributed by atoms with Crippen LogP contribution in [0, 0.1) is 11.9 Å². The van der Waals surface area contributed by atoms with E-state index in [1.807, 2.05) is 6.92 Å². The van der Waals surface area contributed by atoms with Crippen LogP contribution in [0.2, 0.25) is 0 Å². The van der Waals surface area contributed by atoms with Crippen LogP contribution in [0.5, 0.6) is 5.88 Å². The molecule has 1 atom stereocenters. The van der Waals surface area contributed by atoms with Gasteiger partial charge in [-0.1, -0.05) is 0 Å². The highest BCUT2D eigenvalue weighted by Crippen LogP contribution is 2.34. The quantitative estimate of drug-likeness (QED) is 0.626. The van der Waals surface area contributed by atoms with Gasteiger partial charge in [-0.3, -0.25) is 0 Å². The van der Waals surface area contributed by atoms with Gasteiger partial charge in [-0.25, -0.2) is 9.48 Å². The molecule has 0 saturated heterocycles. The molecular formula is C14H12BF2N3O3. The average Bonchev–Trinajstić information content (AvgIpc) is 2.74. The van der Waals surface area contributed by atoms with Gasteiger partial charge >= 0.3 is 14.0 Å². The van der Waals surface area contributed by atoms with Gasteiger partial charge < -0.3 is 9.39 Å². The molecule has 0 saturated carbocycles. The molecule has 1 aliphatic heterocycles. The summed E-state index contributed by atoms with van der Waals surface area (Å²) in [6.07, 6.45) is 1.40. The highest BCUT2D eigenvalue weighted by atomic mass is 19.1. The second-order valence-corrected chi connectivity index (χ2v) is 5.20. The van der Waals surface area contributed by atoms with Crippen molar-refractivity contribution in [2.75, 3.05) is 0 Å². The molecule has 2 aromatic rings. The summed E-state index contributed by atoms with van der Waals surface area (Å²) in [6.45, 7) is 2.33. The molecule has 6 nitrogen and oxygen atoms in total. The van der Waals surface area contributed by atoms with Gasteiger partial charge in [0, 0.05) is 6.54 Å². The first-order valence-corrected chi connectivity index (χ1v) is 7.02. The maximum Gasteiger partial charge on any atom is 0.378 e. The molecule has 0 bridgehead atoms. The van der Waals surface area contributed by atoms with E-state index in [1.165, 1.54) is 4.68 Å². The lowest BCUT2D eigenvalue weighted by Crippen LogP contribution is -2.13. The first-order chi connectivity index (χ1) is 11.0. The Balaban J connectivity index is 2.20. The topological polar surface area (TPSA) is 66.2 Å². The van der Waals surface area contributed by atoms with Crippen molar-refractivity contribution >= 4 is 14.0 Å². The minimum Gasteiger partial charge on any atom is -0.540 e. The van der Waals surface area contributed by atoms with Crippen LogP contribution in [0.3, 0.4) is 0 Å². The van der Waals surface area contributed by atoms with E-state index < -0.39 is 17.9 Å². The molecule has 0 aromatic carbocycles. The lowest BCUT2D eigenvalue weighted by atomic mass is 10.1. The molecule has 2 aromatic heterocycles. The van der Waals surface area contributed by atoms with Crippen LogP contribution in [0.1, 0.15) is 30.1 Å². The number of carbonyl (C=O) groups excluding carboxylic acids is 1. The van der Waals surface area contributed by atoms with Crippen molar-refractivity contribution in [2.45, 2.75) is 32.4 Å². The number of carbonyl (C=O) groups is 1. The largest absolute Gasteiger partial charge is 0.540 e. The molecule has 23 heavy (non-hydrogen) atoms. The van der Waals surface area contributed by atoms with Gasteiger partial charge in [0.15, 0.2) is 0 Å². The zero-order chi connectivity index (χ0) is 16.6. The molecule has 0 spiro atoms. The Bertz CT molecular complexity index is 766. The van der Waals surface area contributed by atoms with E-state index in [0.29, 0.717) is 6.54 Å². The molecule has 0 N–H and O–H groups in total. The Kier molecular flexibility index (Phi) is 4.02. The molecule has 9 heteroatoms. The smallest absolute Gasteiger partial charge is 0.378 e. The van der Waals surface area contributed by atoms with Gasteiger partial charge in [0.2, 0.25) is 17.8 Å². The van der Waals surface area contributed by atoms with Crippen LogP contribution < -0.4 is 4.74 Å². The summed E-state index contributed by atoms with van der Waals surface area (Å²) in [7, 11) is 4.97. The van der Waals surface area contributed by atoms with Gasteiger partial charge in [-0.05, 0) is 31.9 Å². The predicted octanol–water partition coefficient (Wildman–Crippen LogP) is 2.02. The van der Waals surface area contributed by atoms with Gasteiger partial charge in [0.1, 0.15) is 11.3 Å². The fraction of sp³-hybridized carbons (Fsp3) is 0.357. The molecule has 1 unspecified atom stereocenters. The summed E-state index contributed by atoms with van der Waals surface area (Å²) in [5, 5.41) is 4.21. The number of hydrogen-bond donors (Lipinski definition) is 0. The zero-order valence-electron chi connectivity index (χ0n) is 12.3. The van der Waals surface area contributed by atoms with Crippen LogP contribution in [0.15, 0.2) is 12.1 Å². The first kappa shape index (κ1) is 15.5. The monoisotopic (exact) mass is 319 g/mol. The van der Waals surface area contributed by atoms with Crippen LogP contribution in [0.25, 0.3) is 11.3 Å². The number of aryl methyl sites for hydroxylation is 1. The minimum absolute atomic E-state index is 0.0467. The van der Waals surface area contributed by atoms with Gasteiger partial charge in [-0.15, -0.1) is 0 Å². The molecular weight excluding hydrogens is 307 g/mol. The van der Waals surface area contributed by atoms with E-state index in [0.717, 1.165) is 25.0 Å². The van der Waals surface area contributed by atoms with Gasteiger partial charge in [-0.2, -0.15) is 18.9 Å². The van der Waals surface area contributed by atoms with Crippen molar-refractivity contribution in [2.24, 2.45) is 0 Å². The predicted molar refractivity (Wildman–Crippen MR) is 75.9 cm³/mol. The van der Waals surface area contributed by atoms with Crippen molar-refractivity contribution in [1.29, 1.82) is 0 Å². The third-order valence-electron chi connectivity index (χ3n) is 3.58. The van der Waals surface area contributed by atoms with Gasteiger partial charge in [0.25, 0.3) is 0 Å². The number of pyridine rings is 1. The van der Waals surface area contributed by atoms with Crippen molar-refractivity contribution < 1.29 is 23.0 Å². The number of halogens is 2. The number of aromatic nitrogens is 3. The summed E-state index contributed by atoms with van der Waals surface area (Å²) in [4.78, 5) is 15.1. The summed E-state index contributed by atoms with van der Waals surface area (Å²) >= 11 is 0. The fourth-order valence-electron chi connectivity index (χ4n) is 2.52. The first-order valence-electron chi connectivity index (χ1n) is 7.02. The molecule has 0 amide bonds. The Hall–Kier alpha value is -2.45. The summed E-state index contributed by atoms with van der Waals surface area (Å²) in [5.41, 5.74) is -0.285. The van der Waals surface area contributed by atoms with Crippen molar-refractivity contribution in [1.82, 2.24) is 14.8 Å². The second-order valence-electron chi connectivity index (χ2n) is 5.20. The summed E-state index contributed by atoms with van der Waals surface area (Å²) in [5.74, 6) is -2.82. The standard InChI is InChI=1S/C14H12BF2N3O3/c1-7-3-2-6-20-13(22-7)10(14(21)23-15)11(19-20)8-4-5-9(16)18-12(8)17/h4-5,7H,2-3,6H2,1H3. The molecule has 2 radical (unpaired) electrons. The van der Waals surface area contributed by atoms with E-state index >= 15 is 0 Å². The summed E-state index contributed by atoms with van der Waals surface area (Å²) in [6, 6.07) is 2.13. The lowest BCUT2D eigenvalue weighted by molar-refractivity contribution is 0.0743. The summed E-state index contributed by atoms with van der Waals surface area (Å²) < 4.78 is 38.4. The van der Waals surface area contributed by atoms with Crippen molar-refractivity contribution in [3.8, 4) is 17.1 Å². The van der Waals surface area contributed by atoms with Crippen molar-refractivity contribution in [3.63, 3.8) is 0 Å². The second kappa shape index (κ2) is 5.98. The van der Waals surface area contributed by atoms with Gasteiger partial charge in [0.05, 0.1) is 11.7 Å². The Morgan fingerprint density at radius 1 is 1.48 bits per heavy atom. The van der Waals surface area contributed by atoms with Crippen LogP contribution in [-0.2, 0) is 11.2 Å². The minimum atomic E-state index is -1.09. The van der Waals surface area contributed by atoms with E-state index in [1.54, 1.807) is 0 Å². The fourth-order valence-corrected chi connectivity index (χ4v) is 2.52. The van der Waals surface area contributed by atoms with Crippen molar-refractivity contribution in [3.05, 3.63) is 29.6 Å². The van der Waals surface area contributed by atoms with Crippen LogP contribution >= 0.6 is 0 Å². The van der Waals surface area contributed by atoms with Crippen LogP contribution in [0.4, 0.5) is 8.78 Å². The highest BCUT2D eigenvalue weighted by molar-refractivity contribution is 6.12. The highest BCUT2D eigenvalue weighted by Gasteiger charge is 2.30. The molecule has 118 valence electrons. The number of hydrogen-bond acceptors (Lipinski definition) is 5. The Morgan fingerprint density at radius 2 is 2.26 bits per heavy atom. The third-order valence-corrected chi connectivity index (χ3v) is 3.58. The van der Waals surface area contributed by atoms with E-state index in [9.17, 15) is 13.6 Å². The van der Waals surface area contributed by atoms with Crippen LogP contribution in [-0.4, -0.2) is 34.9 Å². The number of ether oxygens (including phenoxy) is 1. The SMILES string of the molecule is [B]OC(=O)c1c(-c2ccc(F)nc2F)nn2c1OC(C)CCC2. The third kappa shape index (κ3) is 2.78. The van der Waals surface area contributed by atoms with E-state index in [-0.39, 0.29) is 28.8 Å². The van der Waals surface area contributed by atoms with E-state index in [4.69, 9.17) is 12.8 Å². The molecule has 3 heterocycles. The molecule has 3 rings (SSSR count). The molecule has 0 fully saturated rings. The normalized spacial score (nSPS) is 17.1. The Labute approximate surface area is 131 Å². The molecule has 0 aliphatic carbocycles. The number of rotatable bonds is 2. The Morgan fingerprint density at radius 3 is 2.96 bits per heavy atom. The zero-order valence-corrected chi connectivity index (χ0v) is 12.3.